The lowest BCUT2D eigenvalue weighted by Crippen LogP contribution is -1.88. The number of hydrogen-bond acceptors (Lipinski definition) is 2. The lowest BCUT2D eigenvalue weighted by Gasteiger charge is -2.04. The Bertz CT molecular complexity index is 286. The van der Waals surface area contributed by atoms with Gasteiger partial charge in [-0.15, -0.1) is 0 Å². The van der Waals surface area contributed by atoms with E-state index >= 15 is 0 Å². The van der Waals surface area contributed by atoms with Crippen molar-refractivity contribution < 1.29 is 4.84 Å². The van der Waals surface area contributed by atoms with Crippen molar-refractivity contribution in [1.82, 2.24) is 0 Å². The summed E-state index contributed by atoms with van der Waals surface area (Å²) in [6.07, 6.45) is 0.891. The van der Waals surface area contributed by atoms with Crippen molar-refractivity contribution in [2.75, 3.05) is 0 Å². The minimum Gasteiger partial charge on any atom is -0.357 e. The van der Waals surface area contributed by atoms with Crippen LogP contribution in [0.25, 0.3) is 0 Å². The van der Waals surface area contributed by atoms with Crippen molar-refractivity contribution in [3.63, 3.8) is 0 Å². The molecule has 0 aliphatic carbocycles. The molecule has 0 radical (unpaired) electrons. The van der Waals surface area contributed by atoms with Crippen molar-refractivity contribution in [2.45, 2.75) is 13.3 Å². The molecule has 0 aliphatic rings. The van der Waals surface area contributed by atoms with E-state index in [-0.39, 0.29) is 0 Å². The molecular formula is C9H10ClNO. The van der Waals surface area contributed by atoms with Crippen LogP contribution in [0.15, 0.2) is 23.4 Å². The molecule has 0 aromatic heterocycles. The van der Waals surface area contributed by atoms with Gasteiger partial charge in [0.1, 0.15) is 0 Å². The van der Waals surface area contributed by atoms with Crippen LogP contribution in [0.3, 0.4) is 0 Å². The Morgan fingerprint density at radius 3 is 2.92 bits per heavy atom. The van der Waals surface area contributed by atoms with Gasteiger partial charge in [0.05, 0.1) is 0 Å². The smallest absolute Gasteiger partial charge is 0.162 e. The van der Waals surface area contributed by atoms with Crippen molar-refractivity contribution in [3.8, 4) is 5.75 Å². The van der Waals surface area contributed by atoms with E-state index in [1.165, 1.54) is 0 Å². The van der Waals surface area contributed by atoms with Crippen LogP contribution >= 0.6 is 11.6 Å². The van der Waals surface area contributed by atoms with Gasteiger partial charge in [0.15, 0.2) is 5.75 Å². The highest BCUT2D eigenvalue weighted by atomic mass is 35.5. The largest absolute Gasteiger partial charge is 0.357 e. The highest BCUT2D eigenvalue weighted by molar-refractivity contribution is 6.30. The standard InChI is InChI=1S/C9H10ClNO/c1-3-7-4-5-8(10)6-9(7)12-11-2/h4-6H,2-3H2,1H3. The zero-order valence-corrected chi connectivity index (χ0v) is 7.64. The zero-order valence-electron chi connectivity index (χ0n) is 6.88. The topological polar surface area (TPSA) is 21.6 Å². The number of halogens is 1. The summed E-state index contributed by atoms with van der Waals surface area (Å²) >= 11 is 5.77. The third-order valence-electron chi connectivity index (χ3n) is 1.57. The molecule has 2 nitrogen and oxygen atoms in total. The van der Waals surface area contributed by atoms with Crippen LogP contribution in [-0.4, -0.2) is 6.72 Å². The second-order valence-corrected chi connectivity index (χ2v) is 2.76. The van der Waals surface area contributed by atoms with E-state index in [1.54, 1.807) is 6.07 Å². The summed E-state index contributed by atoms with van der Waals surface area (Å²) in [4.78, 5) is 4.94. The first-order valence-electron chi connectivity index (χ1n) is 3.69. The van der Waals surface area contributed by atoms with Gasteiger partial charge >= 0.3 is 0 Å². The summed E-state index contributed by atoms with van der Waals surface area (Å²) in [6, 6.07) is 5.48. The molecule has 1 aromatic carbocycles. The first kappa shape index (κ1) is 9.07. The highest BCUT2D eigenvalue weighted by Gasteiger charge is 2.01. The summed E-state index contributed by atoms with van der Waals surface area (Å²) in [7, 11) is 0. The summed E-state index contributed by atoms with van der Waals surface area (Å²) in [5.74, 6) is 0.681. The van der Waals surface area contributed by atoms with E-state index in [4.69, 9.17) is 16.4 Å². The van der Waals surface area contributed by atoms with E-state index in [0.29, 0.717) is 10.8 Å². The molecule has 0 heterocycles. The van der Waals surface area contributed by atoms with Gasteiger partial charge in [-0.25, -0.2) is 0 Å². The molecule has 0 spiro atoms. The van der Waals surface area contributed by atoms with Crippen LogP contribution < -0.4 is 4.84 Å². The van der Waals surface area contributed by atoms with E-state index in [1.807, 2.05) is 19.1 Å². The summed E-state index contributed by atoms with van der Waals surface area (Å²) in [6.45, 7) is 5.29. The van der Waals surface area contributed by atoms with Gasteiger partial charge < -0.3 is 4.84 Å². The second kappa shape index (κ2) is 4.12. The highest BCUT2D eigenvalue weighted by Crippen LogP contribution is 2.23. The Kier molecular flexibility index (Phi) is 3.11. The fourth-order valence-corrected chi connectivity index (χ4v) is 1.14. The average molecular weight is 184 g/mol. The maximum Gasteiger partial charge on any atom is 0.162 e. The Morgan fingerprint density at radius 2 is 2.33 bits per heavy atom. The first-order chi connectivity index (χ1) is 5.77. The number of benzene rings is 1. The van der Waals surface area contributed by atoms with Gasteiger partial charge in [0.25, 0.3) is 0 Å². The van der Waals surface area contributed by atoms with Crippen molar-refractivity contribution >= 4 is 18.3 Å². The second-order valence-electron chi connectivity index (χ2n) is 2.33. The molecule has 0 saturated carbocycles. The van der Waals surface area contributed by atoms with Gasteiger partial charge in [0, 0.05) is 17.8 Å². The van der Waals surface area contributed by atoms with E-state index in [9.17, 15) is 0 Å². The molecule has 0 fully saturated rings. The van der Waals surface area contributed by atoms with E-state index < -0.39 is 0 Å². The quantitative estimate of drug-likeness (QED) is 0.522. The normalized spacial score (nSPS) is 9.50. The van der Waals surface area contributed by atoms with Gasteiger partial charge in [-0.1, -0.05) is 29.7 Å². The van der Waals surface area contributed by atoms with E-state index in [2.05, 4.69) is 11.9 Å². The molecule has 12 heavy (non-hydrogen) atoms. The first-order valence-corrected chi connectivity index (χ1v) is 4.07. The van der Waals surface area contributed by atoms with Crippen LogP contribution in [0.5, 0.6) is 5.75 Å². The minimum absolute atomic E-state index is 0.644. The SMILES string of the molecule is C=NOc1cc(Cl)ccc1CC. The Morgan fingerprint density at radius 1 is 1.58 bits per heavy atom. The number of hydrogen-bond donors (Lipinski definition) is 0. The third-order valence-corrected chi connectivity index (χ3v) is 1.81. The van der Waals surface area contributed by atoms with E-state index in [0.717, 1.165) is 12.0 Å². The Labute approximate surface area is 76.8 Å². The van der Waals surface area contributed by atoms with Crippen molar-refractivity contribution in [2.24, 2.45) is 5.16 Å². The van der Waals surface area contributed by atoms with Gasteiger partial charge in [-0.2, -0.15) is 0 Å². The number of rotatable bonds is 3. The average Bonchev–Trinajstić information content (AvgIpc) is 2.05. The predicted molar refractivity (Wildman–Crippen MR) is 51.0 cm³/mol. The number of nitrogens with zero attached hydrogens (tertiary/aromatic N) is 1. The molecule has 1 aromatic rings. The Balaban J connectivity index is 3.03. The molecular weight excluding hydrogens is 174 g/mol. The minimum atomic E-state index is 0.644. The molecule has 0 bridgehead atoms. The molecule has 0 amide bonds. The predicted octanol–water partition coefficient (Wildman–Crippen LogP) is 2.90. The van der Waals surface area contributed by atoms with Gasteiger partial charge in [-0.3, -0.25) is 0 Å². The fourth-order valence-electron chi connectivity index (χ4n) is 0.975. The maximum atomic E-state index is 5.77. The van der Waals surface area contributed by atoms with Crippen molar-refractivity contribution in [3.05, 3.63) is 28.8 Å². The van der Waals surface area contributed by atoms with Gasteiger partial charge in [-0.05, 0) is 18.1 Å². The molecule has 0 saturated heterocycles. The van der Waals surface area contributed by atoms with Gasteiger partial charge in [0.2, 0.25) is 0 Å². The molecule has 64 valence electrons. The van der Waals surface area contributed by atoms with Crippen LogP contribution in [0.4, 0.5) is 0 Å². The third kappa shape index (κ3) is 1.98. The van der Waals surface area contributed by atoms with Crippen LogP contribution in [-0.2, 0) is 6.42 Å². The zero-order chi connectivity index (χ0) is 8.97. The molecule has 3 heteroatoms. The molecule has 0 atom stereocenters. The van der Waals surface area contributed by atoms with Crippen LogP contribution in [0.1, 0.15) is 12.5 Å². The Hall–Kier alpha value is -1.02. The molecule has 0 aliphatic heterocycles. The monoisotopic (exact) mass is 183 g/mol. The molecule has 1 rings (SSSR count). The summed E-state index contributed by atoms with van der Waals surface area (Å²) < 4.78 is 0. The summed E-state index contributed by atoms with van der Waals surface area (Å²) in [5, 5.41) is 3.99. The van der Waals surface area contributed by atoms with Crippen molar-refractivity contribution in [1.29, 1.82) is 0 Å². The lowest BCUT2D eigenvalue weighted by atomic mass is 10.1. The molecule has 0 N–H and O–H groups in total. The maximum absolute atomic E-state index is 5.77. The lowest BCUT2D eigenvalue weighted by molar-refractivity contribution is 0.342. The number of aryl methyl sites for hydroxylation is 1. The van der Waals surface area contributed by atoms with Crippen LogP contribution in [0, 0.1) is 0 Å². The molecule has 0 unspecified atom stereocenters. The number of oxime groups is 1. The van der Waals surface area contributed by atoms with Crippen LogP contribution in [0.2, 0.25) is 5.02 Å². The summed E-state index contributed by atoms with van der Waals surface area (Å²) in [5.41, 5.74) is 1.08. The fraction of sp³-hybridized carbons (Fsp3) is 0.222.